The Morgan fingerprint density at radius 1 is 1.32 bits per heavy atom. The fourth-order valence-corrected chi connectivity index (χ4v) is 3.62. The van der Waals surface area contributed by atoms with Crippen LogP contribution in [0.3, 0.4) is 0 Å². The summed E-state index contributed by atoms with van der Waals surface area (Å²) in [6.07, 6.45) is 6.99. The second-order valence-electron chi connectivity index (χ2n) is 5.72. The average Bonchev–Trinajstić information content (AvgIpc) is 2.40. The standard InChI is InChI=1S/C15H20FNOS/c1-19-14-8-11(16)2-3-13(14)18-12-4-6-15(7-5-12)9-17-10-15/h2-3,8,12,17H,4-7,9-10H2,1H3. The molecule has 0 amide bonds. The zero-order valence-corrected chi connectivity index (χ0v) is 12.1. The van der Waals surface area contributed by atoms with E-state index in [1.807, 2.05) is 6.26 Å². The predicted octanol–water partition coefficient (Wildman–Crippen LogP) is 3.46. The van der Waals surface area contributed by atoms with Crippen molar-refractivity contribution in [3.05, 3.63) is 24.0 Å². The monoisotopic (exact) mass is 281 g/mol. The number of thioether (sulfide) groups is 1. The van der Waals surface area contributed by atoms with Crippen LogP contribution in [0.15, 0.2) is 23.1 Å². The third kappa shape index (κ3) is 2.75. The number of ether oxygens (including phenoxy) is 1. The largest absolute Gasteiger partial charge is 0.489 e. The van der Waals surface area contributed by atoms with Gasteiger partial charge in [0.15, 0.2) is 0 Å². The van der Waals surface area contributed by atoms with Crippen molar-refractivity contribution in [3.8, 4) is 5.75 Å². The maximum absolute atomic E-state index is 13.2. The molecule has 3 rings (SSSR count). The summed E-state index contributed by atoms with van der Waals surface area (Å²) in [5.74, 6) is 0.640. The molecule has 0 unspecified atom stereocenters. The molecule has 0 aromatic heterocycles. The van der Waals surface area contributed by atoms with Crippen molar-refractivity contribution in [2.45, 2.75) is 36.7 Å². The van der Waals surface area contributed by atoms with Crippen LogP contribution in [0.2, 0.25) is 0 Å². The van der Waals surface area contributed by atoms with Gasteiger partial charge in [-0.3, -0.25) is 0 Å². The highest BCUT2D eigenvalue weighted by atomic mass is 32.2. The molecule has 1 aliphatic heterocycles. The highest BCUT2D eigenvalue weighted by molar-refractivity contribution is 7.98. The number of hydrogen-bond donors (Lipinski definition) is 1. The van der Waals surface area contributed by atoms with E-state index in [9.17, 15) is 4.39 Å². The van der Waals surface area contributed by atoms with Crippen molar-refractivity contribution in [2.24, 2.45) is 5.41 Å². The molecule has 104 valence electrons. The van der Waals surface area contributed by atoms with Gasteiger partial charge in [0.1, 0.15) is 11.6 Å². The normalized spacial score (nSPS) is 22.2. The summed E-state index contributed by atoms with van der Waals surface area (Å²) >= 11 is 1.54. The van der Waals surface area contributed by atoms with Crippen LogP contribution >= 0.6 is 11.8 Å². The molecular weight excluding hydrogens is 261 g/mol. The van der Waals surface area contributed by atoms with E-state index in [1.54, 1.807) is 12.1 Å². The second-order valence-corrected chi connectivity index (χ2v) is 6.56. The fraction of sp³-hybridized carbons (Fsp3) is 0.600. The number of halogens is 1. The Labute approximate surface area is 118 Å². The first-order valence-electron chi connectivity index (χ1n) is 6.92. The van der Waals surface area contributed by atoms with Gasteiger partial charge in [0.25, 0.3) is 0 Å². The molecule has 19 heavy (non-hydrogen) atoms. The SMILES string of the molecule is CSc1cc(F)ccc1OC1CCC2(CC1)CNC2. The Morgan fingerprint density at radius 3 is 2.63 bits per heavy atom. The Balaban J connectivity index is 1.62. The lowest BCUT2D eigenvalue weighted by molar-refractivity contribution is 0.0410. The molecule has 2 fully saturated rings. The fourth-order valence-electron chi connectivity index (χ4n) is 3.07. The minimum atomic E-state index is -0.195. The van der Waals surface area contributed by atoms with Gasteiger partial charge in [0.2, 0.25) is 0 Å². The number of rotatable bonds is 3. The minimum Gasteiger partial charge on any atom is -0.489 e. The first kappa shape index (κ1) is 13.3. The van der Waals surface area contributed by atoms with E-state index >= 15 is 0 Å². The first-order chi connectivity index (χ1) is 9.21. The van der Waals surface area contributed by atoms with Gasteiger partial charge >= 0.3 is 0 Å². The van der Waals surface area contributed by atoms with Crippen molar-refractivity contribution in [1.29, 1.82) is 0 Å². The van der Waals surface area contributed by atoms with E-state index in [-0.39, 0.29) is 5.82 Å². The van der Waals surface area contributed by atoms with Crippen LogP contribution in [0.5, 0.6) is 5.75 Å². The Kier molecular flexibility index (Phi) is 3.72. The Morgan fingerprint density at radius 2 is 2.05 bits per heavy atom. The molecule has 1 saturated carbocycles. The number of benzene rings is 1. The highest BCUT2D eigenvalue weighted by Crippen LogP contribution is 2.41. The van der Waals surface area contributed by atoms with Crippen LogP contribution in [0.4, 0.5) is 4.39 Å². The van der Waals surface area contributed by atoms with E-state index in [0.717, 1.165) is 23.5 Å². The molecule has 1 N–H and O–H groups in total. The minimum absolute atomic E-state index is 0.195. The lowest BCUT2D eigenvalue weighted by Gasteiger charge is -2.47. The predicted molar refractivity (Wildman–Crippen MR) is 76.4 cm³/mol. The average molecular weight is 281 g/mol. The number of nitrogens with one attached hydrogen (secondary N) is 1. The zero-order valence-electron chi connectivity index (χ0n) is 11.2. The van der Waals surface area contributed by atoms with Crippen molar-refractivity contribution < 1.29 is 9.13 Å². The molecule has 0 atom stereocenters. The summed E-state index contributed by atoms with van der Waals surface area (Å²) in [7, 11) is 0. The summed E-state index contributed by atoms with van der Waals surface area (Å²) in [6.45, 7) is 2.35. The van der Waals surface area contributed by atoms with E-state index in [4.69, 9.17) is 4.74 Å². The molecule has 0 radical (unpaired) electrons. The van der Waals surface area contributed by atoms with Gasteiger partial charge in [-0.25, -0.2) is 4.39 Å². The number of hydrogen-bond acceptors (Lipinski definition) is 3. The molecule has 0 bridgehead atoms. The molecular formula is C15H20FNOS. The smallest absolute Gasteiger partial charge is 0.133 e. The lowest BCUT2D eigenvalue weighted by Crippen LogP contribution is -2.55. The summed E-state index contributed by atoms with van der Waals surface area (Å²) in [5, 5.41) is 3.37. The van der Waals surface area contributed by atoms with Crippen LogP contribution in [-0.4, -0.2) is 25.4 Å². The highest BCUT2D eigenvalue weighted by Gasteiger charge is 2.40. The van der Waals surface area contributed by atoms with Crippen LogP contribution < -0.4 is 10.1 Å². The molecule has 1 heterocycles. The first-order valence-corrected chi connectivity index (χ1v) is 8.14. The van der Waals surface area contributed by atoms with Gasteiger partial charge in [0.05, 0.1) is 11.0 Å². The van der Waals surface area contributed by atoms with E-state index in [2.05, 4.69) is 5.32 Å². The van der Waals surface area contributed by atoms with Crippen molar-refractivity contribution in [3.63, 3.8) is 0 Å². The van der Waals surface area contributed by atoms with Gasteiger partial charge in [-0.15, -0.1) is 11.8 Å². The maximum Gasteiger partial charge on any atom is 0.133 e. The van der Waals surface area contributed by atoms with Crippen LogP contribution in [0, 0.1) is 11.2 Å². The Hall–Kier alpha value is -0.740. The zero-order chi connectivity index (χ0) is 13.3. The quantitative estimate of drug-likeness (QED) is 0.857. The second kappa shape index (κ2) is 5.33. The van der Waals surface area contributed by atoms with Crippen LogP contribution in [-0.2, 0) is 0 Å². The third-order valence-electron chi connectivity index (χ3n) is 4.41. The molecule has 2 aliphatic rings. The van der Waals surface area contributed by atoms with Crippen LogP contribution in [0.1, 0.15) is 25.7 Å². The van der Waals surface area contributed by atoms with Crippen LogP contribution in [0.25, 0.3) is 0 Å². The van der Waals surface area contributed by atoms with Crippen molar-refractivity contribution in [1.82, 2.24) is 5.32 Å². The summed E-state index contributed by atoms with van der Waals surface area (Å²) in [4.78, 5) is 0.894. The molecule has 2 nitrogen and oxygen atoms in total. The molecule has 1 saturated heterocycles. The molecule has 1 aromatic rings. The summed E-state index contributed by atoms with van der Waals surface area (Å²) in [5.41, 5.74) is 0.561. The van der Waals surface area contributed by atoms with Gasteiger partial charge < -0.3 is 10.1 Å². The topological polar surface area (TPSA) is 21.3 Å². The van der Waals surface area contributed by atoms with E-state index in [1.165, 1.54) is 43.8 Å². The maximum atomic E-state index is 13.2. The van der Waals surface area contributed by atoms with Crippen molar-refractivity contribution in [2.75, 3.05) is 19.3 Å². The lowest BCUT2D eigenvalue weighted by atomic mass is 9.69. The van der Waals surface area contributed by atoms with Gasteiger partial charge in [0, 0.05) is 13.1 Å². The molecule has 1 aliphatic carbocycles. The molecule has 4 heteroatoms. The van der Waals surface area contributed by atoms with Gasteiger partial charge in [-0.2, -0.15) is 0 Å². The third-order valence-corrected chi connectivity index (χ3v) is 5.17. The van der Waals surface area contributed by atoms with Gasteiger partial charge in [-0.1, -0.05) is 0 Å². The van der Waals surface area contributed by atoms with E-state index in [0.29, 0.717) is 11.5 Å². The molecule has 1 spiro atoms. The van der Waals surface area contributed by atoms with Crippen molar-refractivity contribution >= 4 is 11.8 Å². The summed E-state index contributed by atoms with van der Waals surface area (Å²) < 4.78 is 19.3. The summed E-state index contributed by atoms with van der Waals surface area (Å²) in [6, 6.07) is 4.80. The molecule has 1 aromatic carbocycles. The Bertz CT molecular complexity index is 451. The van der Waals surface area contributed by atoms with Gasteiger partial charge in [-0.05, 0) is 55.6 Å². The van der Waals surface area contributed by atoms with E-state index < -0.39 is 0 Å².